The maximum atomic E-state index is 10.8. The number of nitro benzene ring substituents is 1. The van der Waals surface area contributed by atoms with Crippen molar-refractivity contribution in [3.63, 3.8) is 0 Å². The quantitative estimate of drug-likeness (QED) is 0.232. The van der Waals surface area contributed by atoms with Gasteiger partial charge in [-0.05, 0) is 17.8 Å². The van der Waals surface area contributed by atoms with E-state index in [4.69, 9.17) is 12.2 Å². The van der Waals surface area contributed by atoms with Crippen LogP contribution in [0, 0.1) is 14.9 Å². The fourth-order valence-electron chi connectivity index (χ4n) is 2.04. The Morgan fingerprint density at radius 3 is 2.84 bits per heavy atom. The Kier molecular flexibility index (Phi) is 5.36. The van der Waals surface area contributed by atoms with E-state index < -0.39 is 4.92 Å². The summed E-state index contributed by atoms with van der Waals surface area (Å²) in [6, 6.07) is 16.2. The van der Waals surface area contributed by atoms with E-state index in [0.29, 0.717) is 15.5 Å². The molecular formula is C16H13N5O2S2. The maximum Gasteiger partial charge on any atom is 0.270 e. The van der Waals surface area contributed by atoms with Crippen molar-refractivity contribution in [2.45, 2.75) is 10.9 Å². The van der Waals surface area contributed by atoms with Crippen LogP contribution in [0.1, 0.15) is 11.1 Å². The summed E-state index contributed by atoms with van der Waals surface area (Å²) in [5, 5.41) is 22.6. The number of rotatable bonds is 6. The molecule has 1 N–H and O–H groups in total. The van der Waals surface area contributed by atoms with Gasteiger partial charge in [0.1, 0.15) is 0 Å². The van der Waals surface area contributed by atoms with E-state index >= 15 is 0 Å². The molecule has 0 saturated carbocycles. The minimum atomic E-state index is -0.442. The number of nitrogens with one attached hydrogen (secondary N) is 1. The Morgan fingerprint density at radius 1 is 1.28 bits per heavy atom. The highest BCUT2D eigenvalue weighted by atomic mass is 32.2. The normalized spacial score (nSPS) is 11.0. The van der Waals surface area contributed by atoms with Gasteiger partial charge in [-0.2, -0.15) is 9.78 Å². The van der Waals surface area contributed by atoms with Crippen molar-refractivity contribution < 1.29 is 4.92 Å². The molecule has 0 bridgehead atoms. The van der Waals surface area contributed by atoms with Gasteiger partial charge in [0, 0.05) is 23.4 Å². The minimum Gasteiger partial charge on any atom is -0.258 e. The summed E-state index contributed by atoms with van der Waals surface area (Å²) >= 11 is 6.69. The second kappa shape index (κ2) is 7.86. The van der Waals surface area contributed by atoms with Gasteiger partial charge in [0.2, 0.25) is 9.93 Å². The zero-order chi connectivity index (χ0) is 17.6. The topological polar surface area (TPSA) is 89.1 Å². The summed E-state index contributed by atoms with van der Waals surface area (Å²) < 4.78 is 1.86. The predicted octanol–water partition coefficient (Wildman–Crippen LogP) is 4.02. The first-order chi connectivity index (χ1) is 12.1. The van der Waals surface area contributed by atoms with Gasteiger partial charge in [-0.1, -0.05) is 54.2 Å². The molecule has 0 radical (unpaired) electrons. The Balaban J connectivity index is 1.78. The fraction of sp³-hybridized carbons (Fsp3) is 0.0625. The van der Waals surface area contributed by atoms with E-state index in [1.54, 1.807) is 12.1 Å². The molecule has 7 nitrogen and oxygen atoms in total. The maximum absolute atomic E-state index is 10.8. The second-order valence-corrected chi connectivity index (χ2v) is 6.32. The number of hydrogen-bond donors (Lipinski definition) is 1. The van der Waals surface area contributed by atoms with Crippen molar-refractivity contribution in [3.05, 3.63) is 80.6 Å². The van der Waals surface area contributed by atoms with Crippen LogP contribution in [0.2, 0.25) is 0 Å². The fourth-order valence-corrected chi connectivity index (χ4v) is 3.13. The summed E-state index contributed by atoms with van der Waals surface area (Å²) in [6.07, 6.45) is 1.52. The molecule has 3 aromatic rings. The summed E-state index contributed by atoms with van der Waals surface area (Å²) in [4.78, 5) is 10.4. The van der Waals surface area contributed by atoms with E-state index in [9.17, 15) is 10.1 Å². The first-order valence-corrected chi connectivity index (χ1v) is 8.66. The van der Waals surface area contributed by atoms with Crippen LogP contribution in [0.25, 0.3) is 0 Å². The number of nitrogens with zero attached hydrogens (tertiary/aromatic N) is 4. The van der Waals surface area contributed by atoms with Crippen molar-refractivity contribution in [1.82, 2.24) is 14.9 Å². The Bertz CT molecular complexity index is 966. The predicted molar refractivity (Wildman–Crippen MR) is 99.5 cm³/mol. The Hall–Kier alpha value is -2.78. The molecule has 1 heterocycles. The second-order valence-electron chi connectivity index (χ2n) is 4.99. The van der Waals surface area contributed by atoms with Gasteiger partial charge < -0.3 is 0 Å². The average molecular weight is 371 g/mol. The lowest BCUT2D eigenvalue weighted by molar-refractivity contribution is -0.384. The van der Waals surface area contributed by atoms with Gasteiger partial charge >= 0.3 is 0 Å². The number of hydrogen-bond acceptors (Lipinski definition) is 6. The molecule has 0 atom stereocenters. The van der Waals surface area contributed by atoms with Crippen molar-refractivity contribution in [1.29, 1.82) is 0 Å². The van der Waals surface area contributed by atoms with E-state index in [2.05, 4.69) is 15.3 Å². The summed E-state index contributed by atoms with van der Waals surface area (Å²) in [6.45, 7) is 0. The van der Waals surface area contributed by atoms with Gasteiger partial charge in [-0.3, -0.25) is 10.1 Å². The van der Waals surface area contributed by atoms with Crippen LogP contribution in [0.5, 0.6) is 0 Å². The molecule has 3 rings (SSSR count). The van der Waals surface area contributed by atoms with E-state index in [1.165, 1.54) is 34.8 Å². The van der Waals surface area contributed by atoms with Crippen LogP contribution in [-0.2, 0) is 5.75 Å². The molecular weight excluding hydrogens is 358 g/mol. The molecule has 0 fully saturated rings. The lowest BCUT2D eigenvalue weighted by atomic mass is 10.2. The lowest BCUT2D eigenvalue weighted by Gasteiger charge is -2.01. The van der Waals surface area contributed by atoms with Gasteiger partial charge in [0.05, 0.1) is 11.1 Å². The Morgan fingerprint density at radius 2 is 2.08 bits per heavy atom. The van der Waals surface area contributed by atoms with Crippen LogP contribution in [0.3, 0.4) is 0 Å². The molecule has 0 unspecified atom stereocenters. The minimum absolute atomic E-state index is 0.0124. The standard InChI is InChI=1S/C16H13N5O2S2/c22-21(23)14-8-4-7-13(9-14)10-17-20-15(24)18-19-16(20)25-11-12-5-2-1-3-6-12/h1-10H,11H2,(H,18,24)/b17-10-. The molecule has 2 aromatic carbocycles. The molecule has 0 aliphatic carbocycles. The van der Waals surface area contributed by atoms with Crippen LogP contribution in [0.15, 0.2) is 64.9 Å². The summed E-state index contributed by atoms with van der Waals surface area (Å²) in [5.74, 6) is 0.729. The number of aromatic amines is 1. The third-order valence-corrected chi connectivity index (χ3v) is 4.50. The zero-order valence-electron chi connectivity index (χ0n) is 12.9. The van der Waals surface area contributed by atoms with Crippen LogP contribution < -0.4 is 0 Å². The number of aromatic nitrogens is 3. The molecule has 25 heavy (non-hydrogen) atoms. The lowest BCUT2D eigenvalue weighted by Crippen LogP contribution is -1.95. The number of thioether (sulfide) groups is 1. The number of benzene rings is 2. The first kappa shape index (κ1) is 17.1. The third-order valence-electron chi connectivity index (χ3n) is 3.23. The number of non-ortho nitro benzene ring substituents is 1. The van der Waals surface area contributed by atoms with Crippen LogP contribution in [0.4, 0.5) is 5.69 Å². The van der Waals surface area contributed by atoms with Gasteiger partial charge in [0.15, 0.2) is 0 Å². The number of H-pyrrole nitrogens is 1. The molecule has 9 heteroatoms. The molecule has 1 aromatic heterocycles. The van der Waals surface area contributed by atoms with Crippen molar-refractivity contribution in [2.24, 2.45) is 5.10 Å². The molecule has 0 spiro atoms. The molecule has 0 aliphatic rings. The van der Waals surface area contributed by atoms with Crippen LogP contribution in [-0.4, -0.2) is 26.0 Å². The Labute approximate surface area is 152 Å². The number of nitro groups is 1. The van der Waals surface area contributed by atoms with Crippen molar-refractivity contribution in [2.75, 3.05) is 0 Å². The SMILES string of the molecule is O=[N+]([O-])c1cccc(/C=N\n2c(SCc3ccccc3)n[nH]c2=S)c1. The smallest absolute Gasteiger partial charge is 0.258 e. The molecule has 0 amide bonds. The van der Waals surface area contributed by atoms with E-state index in [1.807, 2.05) is 30.3 Å². The molecule has 0 aliphatic heterocycles. The highest BCUT2D eigenvalue weighted by molar-refractivity contribution is 7.98. The van der Waals surface area contributed by atoms with Crippen molar-refractivity contribution >= 4 is 35.9 Å². The highest BCUT2D eigenvalue weighted by Gasteiger charge is 2.07. The molecule has 126 valence electrons. The van der Waals surface area contributed by atoms with Gasteiger partial charge in [0.25, 0.3) is 5.69 Å². The third kappa shape index (κ3) is 4.40. The molecule has 0 saturated heterocycles. The summed E-state index contributed by atoms with van der Waals surface area (Å²) in [7, 11) is 0. The first-order valence-electron chi connectivity index (χ1n) is 7.26. The monoisotopic (exact) mass is 371 g/mol. The van der Waals surface area contributed by atoms with E-state index in [0.717, 1.165) is 11.3 Å². The van der Waals surface area contributed by atoms with Crippen LogP contribution >= 0.6 is 24.0 Å². The largest absolute Gasteiger partial charge is 0.270 e. The van der Waals surface area contributed by atoms with Crippen molar-refractivity contribution in [3.8, 4) is 0 Å². The highest BCUT2D eigenvalue weighted by Crippen LogP contribution is 2.21. The van der Waals surface area contributed by atoms with Gasteiger partial charge in [-0.15, -0.1) is 5.10 Å². The van der Waals surface area contributed by atoms with Gasteiger partial charge in [-0.25, -0.2) is 5.10 Å². The zero-order valence-corrected chi connectivity index (χ0v) is 14.5. The average Bonchev–Trinajstić information content (AvgIpc) is 2.99. The summed E-state index contributed by atoms with van der Waals surface area (Å²) in [5.41, 5.74) is 1.78. The van der Waals surface area contributed by atoms with E-state index in [-0.39, 0.29) is 5.69 Å².